The summed E-state index contributed by atoms with van der Waals surface area (Å²) in [6.45, 7) is 1.74. The van der Waals surface area contributed by atoms with Gasteiger partial charge in [-0.05, 0) is 49.7 Å². The second-order valence-corrected chi connectivity index (χ2v) is 7.52. The summed E-state index contributed by atoms with van der Waals surface area (Å²) >= 11 is 0. The highest BCUT2D eigenvalue weighted by molar-refractivity contribution is 6.03. The fraction of sp³-hybridized carbons (Fsp3) is 0.364. The lowest BCUT2D eigenvalue weighted by Gasteiger charge is -2.35. The number of rotatable bonds is 3. The molecule has 2 aromatic carbocycles. The van der Waals surface area contributed by atoms with E-state index in [9.17, 15) is 13.6 Å². The molecule has 0 aliphatic carbocycles. The molecule has 29 heavy (non-hydrogen) atoms. The van der Waals surface area contributed by atoms with Gasteiger partial charge in [0.15, 0.2) is 0 Å². The van der Waals surface area contributed by atoms with Gasteiger partial charge >= 0.3 is 6.03 Å². The summed E-state index contributed by atoms with van der Waals surface area (Å²) in [6, 6.07) is 12.4. The van der Waals surface area contributed by atoms with Crippen molar-refractivity contribution in [2.45, 2.75) is 31.3 Å². The number of nitrogens with one attached hydrogen (secondary N) is 1. The third kappa shape index (κ3) is 4.00. The maximum absolute atomic E-state index is 14.4. The van der Waals surface area contributed by atoms with Gasteiger partial charge in [0.25, 0.3) is 0 Å². The Kier molecular flexibility index (Phi) is 5.58. The Morgan fingerprint density at radius 2 is 1.86 bits per heavy atom. The Hall–Kier alpha value is -2.80. The first-order chi connectivity index (χ1) is 14.0. The second kappa shape index (κ2) is 8.29. The third-order valence-corrected chi connectivity index (χ3v) is 5.69. The molecule has 1 unspecified atom stereocenters. The van der Waals surface area contributed by atoms with Crippen molar-refractivity contribution in [3.8, 4) is 0 Å². The van der Waals surface area contributed by atoms with Crippen molar-refractivity contribution >= 4 is 11.7 Å². The van der Waals surface area contributed by atoms with Crippen LogP contribution in [-0.4, -0.2) is 47.8 Å². The van der Waals surface area contributed by atoms with E-state index in [1.807, 2.05) is 30.3 Å². The predicted octanol–water partition coefficient (Wildman–Crippen LogP) is 3.92. The van der Waals surface area contributed by atoms with Crippen LogP contribution >= 0.6 is 0 Å². The first-order valence-corrected chi connectivity index (χ1v) is 9.89. The number of nitrogens with zero attached hydrogens (tertiary/aromatic N) is 3. The van der Waals surface area contributed by atoms with Crippen LogP contribution in [0, 0.1) is 11.6 Å². The molecule has 2 aromatic rings. The lowest BCUT2D eigenvalue weighted by molar-refractivity contribution is 0.127. The van der Waals surface area contributed by atoms with Gasteiger partial charge in [0.2, 0.25) is 0 Å². The first kappa shape index (κ1) is 19.5. The fourth-order valence-corrected chi connectivity index (χ4v) is 4.01. The summed E-state index contributed by atoms with van der Waals surface area (Å²) in [5, 5.41) is 9.19. The molecule has 2 heterocycles. The van der Waals surface area contributed by atoms with E-state index in [0.29, 0.717) is 12.1 Å². The number of hydrazone groups is 1. The zero-order chi connectivity index (χ0) is 20.4. The van der Waals surface area contributed by atoms with Gasteiger partial charge in [0, 0.05) is 25.1 Å². The van der Waals surface area contributed by atoms with Gasteiger partial charge in [-0.25, -0.2) is 18.6 Å². The Balaban J connectivity index is 1.67. The molecule has 2 aliphatic heterocycles. The average molecular weight is 398 g/mol. The first-order valence-electron chi connectivity index (χ1n) is 9.89. The molecule has 152 valence electrons. The molecule has 7 heteroatoms. The SMILES string of the molecule is CN(C(=O)N1N=C(c2cc(F)ccc2F)CC1c1ccccc1)C1CCNCC1. The van der Waals surface area contributed by atoms with E-state index >= 15 is 0 Å². The molecular formula is C22H24F2N4O. The molecule has 5 nitrogen and oxygen atoms in total. The zero-order valence-electron chi connectivity index (χ0n) is 16.3. The van der Waals surface area contributed by atoms with E-state index in [0.717, 1.165) is 49.7 Å². The Labute approximate surface area is 169 Å². The van der Waals surface area contributed by atoms with Gasteiger partial charge in [-0.1, -0.05) is 30.3 Å². The van der Waals surface area contributed by atoms with Crippen molar-refractivity contribution in [3.05, 3.63) is 71.3 Å². The van der Waals surface area contributed by atoms with E-state index in [-0.39, 0.29) is 23.7 Å². The molecule has 0 spiro atoms. The second-order valence-electron chi connectivity index (χ2n) is 7.52. The Bertz CT molecular complexity index is 912. The summed E-state index contributed by atoms with van der Waals surface area (Å²) in [4.78, 5) is 15.0. The van der Waals surface area contributed by atoms with Crippen molar-refractivity contribution in [3.63, 3.8) is 0 Å². The molecule has 2 amide bonds. The highest BCUT2D eigenvalue weighted by Crippen LogP contribution is 2.34. The predicted molar refractivity (Wildman–Crippen MR) is 108 cm³/mol. The maximum Gasteiger partial charge on any atom is 0.341 e. The van der Waals surface area contributed by atoms with Crippen LogP contribution in [0.4, 0.5) is 13.6 Å². The van der Waals surface area contributed by atoms with Crippen LogP contribution in [0.15, 0.2) is 53.6 Å². The van der Waals surface area contributed by atoms with Crippen LogP contribution in [0.1, 0.15) is 36.4 Å². The Morgan fingerprint density at radius 1 is 1.14 bits per heavy atom. The minimum Gasteiger partial charge on any atom is -0.323 e. The molecule has 0 bridgehead atoms. The monoisotopic (exact) mass is 398 g/mol. The zero-order valence-corrected chi connectivity index (χ0v) is 16.3. The Morgan fingerprint density at radius 3 is 2.59 bits per heavy atom. The van der Waals surface area contributed by atoms with Crippen molar-refractivity contribution in [2.75, 3.05) is 20.1 Å². The molecule has 0 aromatic heterocycles. The lowest BCUT2D eigenvalue weighted by Crippen LogP contribution is -2.48. The minimum atomic E-state index is -0.544. The molecule has 1 fully saturated rings. The normalized spacial score (nSPS) is 19.9. The summed E-state index contributed by atoms with van der Waals surface area (Å²) < 4.78 is 28.1. The number of benzene rings is 2. The average Bonchev–Trinajstić information content (AvgIpc) is 3.21. The largest absolute Gasteiger partial charge is 0.341 e. The number of hydrogen-bond donors (Lipinski definition) is 1. The van der Waals surface area contributed by atoms with Crippen molar-refractivity contribution < 1.29 is 13.6 Å². The molecule has 1 saturated heterocycles. The number of piperidine rings is 1. The van der Waals surface area contributed by atoms with Crippen LogP contribution in [0.5, 0.6) is 0 Å². The summed E-state index contributed by atoms with van der Waals surface area (Å²) in [5.74, 6) is -1.07. The van der Waals surface area contributed by atoms with E-state index < -0.39 is 11.6 Å². The maximum atomic E-state index is 14.4. The summed E-state index contributed by atoms with van der Waals surface area (Å²) in [6.07, 6.45) is 2.08. The molecule has 0 radical (unpaired) electrons. The minimum absolute atomic E-state index is 0.103. The lowest BCUT2D eigenvalue weighted by atomic mass is 9.98. The molecule has 4 rings (SSSR count). The summed E-state index contributed by atoms with van der Waals surface area (Å²) in [5.41, 5.74) is 1.39. The smallest absolute Gasteiger partial charge is 0.323 e. The molecule has 2 aliphatic rings. The number of urea groups is 1. The van der Waals surface area contributed by atoms with Crippen molar-refractivity contribution in [1.82, 2.24) is 15.2 Å². The van der Waals surface area contributed by atoms with Gasteiger partial charge in [-0.15, -0.1) is 0 Å². The molecule has 1 N–H and O–H groups in total. The third-order valence-electron chi connectivity index (χ3n) is 5.69. The quantitative estimate of drug-likeness (QED) is 0.852. The highest BCUT2D eigenvalue weighted by atomic mass is 19.1. The van der Waals surface area contributed by atoms with Crippen LogP contribution < -0.4 is 5.32 Å². The summed E-state index contributed by atoms with van der Waals surface area (Å²) in [7, 11) is 1.79. The van der Waals surface area contributed by atoms with E-state index in [1.165, 1.54) is 5.01 Å². The van der Waals surface area contributed by atoms with Crippen LogP contribution in [0.3, 0.4) is 0 Å². The van der Waals surface area contributed by atoms with Gasteiger partial charge < -0.3 is 10.2 Å². The van der Waals surface area contributed by atoms with Crippen LogP contribution in [-0.2, 0) is 0 Å². The van der Waals surface area contributed by atoms with Gasteiger partial charge in [0.05, 0.1) is 11.8 Å². The number of amides is 2. The number of halogens is 2. The van der Waals surface area contributed by atoms with Crippen molar-refractivity contribution in [1.29, 1.82) is 0 Å². The standard InChI is InChI=1S/C22H24F2N4O/c1-27(17-9-11-25-12-10-17)22(29)28-21(15-5-3-2-4-6-15)14-20(26-28)18-13-16(23)7-8-19(18)24/h2-8,13,17,21,25H,9-12,14H2,1H3. The van der Waals surface area contributed by atoms with Crippen LogP contribution in [0.25, 0.3) is 0 Å². The fourth-order valence-electron chi connectivity index (χ4n) is 4.01. The van der Waals surface area contributed by atoms with E-state index in [4.69, 9.17) is 0 Å². The van der Waals surface area contributed by atoms with E-state index in [1.54, 1.807) is 11.9 Å². The number of carbonyl (C=O) groups is 1. The van der Waals surface area contributed by atoms with Crippen LogP contribution in [0.2, 0.25) is 0 Å². The topological polar surface area (TPSA) is 47.9 Å². The van der Waals surface area contributed by atoms with E-state index in [2.05, 4.69) is 10.4 Å². The number of hydrogen-bond acceptors (Lipinski definition) is 3. The van der Waals surface area contributed by atoms with Gasteiger partial charge in [0.1, 0.15) is 11.6 Å². The van der Waals surface area contributed by atoms with Gasteiger partial charge in [-0.3, -0.25) is 0 Å². The molecule has 1 atom stereocenters. The highest BCUT2D eigenvalue weighted by Gasteiger charge is 2.37. The van der Waals surface area contributed by atoms with Gasteiger partial charge in [-0.2, -0.15) is 5.10 Å². The molecular weight excluding hydrogens is 374 g/mol. The number of carbonyl (C=O) groups excluding carboxylic acids is 1. The van der Waals surface area contributed by atoms with Crippen molar-refractivity contribution in [2.24, 2.45) is 5.10 Å². The molecule has 0 saturated carbocycles.